The van der Waals surface area contributed by atoms with Crippen LogP contribution in [0.4, 0.5) is 11.4 Å². The summed E-state index contributed by atoms with van der Waals surface area (Å²) in [4.78, 5) is 11.3. The second-order valence-electron chi connectivity index (χ2n) is 5.25. The van der Waals surface area contributed by atoms with Gasteiger partial charge in [-0.15, -0.1) is 0 Å². The molecular formula is C12H20N2OS. The monoisotopic (exact) mass is 240 g/mol. The third kappa shape index (κ3) is 3.04. The molecule has 0 unspecified atom stereocenters. The highest BCUT2D eigenvalue weighted by molar-refractivity contribution is 7.71. The van der Waals surface area contributed by atoms with Crippen molar-refractivity contribution in [3.63, 3.8) is 0 Å². The van der Waals surface area contributed by atoms with E-state index in [1.54, 1.807) is 7.05 Å². The van der Waals surface area contributed by atoms with Gasteiger partial charge in [0.25, 0.3) is 0 Å². The highest BCUT2D eigenvalue weighted by atomic mass is 32.1. The molecule has 3 nitrogen and oxygen atoms in total. The van der Waals surface area contributed by atoms with Crippen LogP contribution in [0.25, 0.3) is 0 Å². The molecule has 1 rings (SSSR count). The maximum absolute atomic E-state index is 11.3. The number of rotatable bonds is 5. The number of hydrogen-bond donors (Lipinski definition) is 2. The first-order valence-corrected chi connectivity index (χ1v) is 6.02. The Balaban J connectivity index is 2.42. The van der Waals surface area contributed by atoms with E-state index in [9.17, 15) is 4.79 Å². The van der Waals surface area contributed by atoms with Gasteiger partial charge < -0.3 is 10.6 Å². The molecule has 90 valence electrons. The van der Waals surface area contributed by atoms with Gasteiger partial charge in [-0.3, -0.25) is 4.79 Å². The smallest absolute Gasteiger partial charge is 0.223 e. The Morgan fingerprint density at radius 3 is 2.38 bits per heavy atom. The Hall–Kier alpha value is -0.900. The van der Waals surface area contributed by atoms with Crippen molar-refractivity contribution in [1.29, 1.82) is 0 Å². The summed E-state index contributed by atoms with van der Waals surface area (Å²) in [6.45, 7) is 7.54. The minimum Gasteiger partial charge on any atom is -0.383 e. The van der Waals surface area contributed by atoms with Gasteiger partial charge in [-0.2, -0.15) is 0 Å². The molecular weight excluding hydrogens is 220 g/mol. The topological polar surface area (TPSA) is 41.1 Å². The molecule has 0 amide bonds. The van der Waals surface area contributed by atoms with E-state index in [1.807, 2.05) is 0 Å². The van der Waals surface area contributed by atoms with Crippen molar-refractivity contribution in [2.24, 2.45) is 5.41 Å². The fraction of sp³-hybridized carbons (Fsp3) is 0.667. The van der Waals surface area contributed by atoms with Crippen LogP contribution in [0, 0.1) is 9.93 Å². The lowest BCUT2D eigenvalue weighted by Crippen LogP contribution is -2.20. The summed E-state index contributed by atoms with van der Waals surface area (Å²) in [5.74, 6) is 0. The number of anilines is 2. The van der Waals surface area contributed by atoms with Crippen LogP contribution in [0.1, 0.15) is 33.6 Å². The van der Waals surface area contributed by atoms with Crippen molar-refractivity contribution in [3.05, 3.63) is 14.7 Å². The van der Waals surface area contributed by atoms with Crippen LogP contribution >= 0.6 is 12.2 Å². The van der Waals surface area contributed by atoms with Gasteiger partial charge >= 0.3 is 0 Å². The van der Waals surface area contributed by atoms with Gasteiger partial charge in [0.15, 0.2) is 0 Å². The van der Waals surface area contributed by atoms with E-state index in [4.69, 9.17) is 12.2 Å². The molecule has 1 aromatic rings. The highest BCUT2D eigenvalue weighted by Gasteiger charge is 2.16. The molecule has 4 heteroatoms. The molecule has 0 bridgehead atoms. The summed E-state index contributed by atoms with van der Waals surface area (Å²) in [7, 11) is 1.74. The summed E-state index contributed by atoms with van der Waals surface area (Å²) in [5.41, 5.74) is 1.76. The minimum atomic E-state index is -0.0455. The lowest BCUT2D eigenvalue weighted by Gasteiger charge is -2.19. The van der Waals surface area contributed by atoms with E-state index in [1.165, 1.54) is 0 Å². The highest BCUT2D eigenvalue weighted by Crippen LogP contribution is 2.24. The Morgan fingerprint density at radius 1 is 1.25 bits per heavy atom. The fourth-order valence-electron chi connectivity index (χ4n) is 1.63. The lowest BCUT2D eigenvalue weighted by atomic mass is 9.90. The van der Waals surface area contributed by atoms with Crippen molar-refractivity contribution in [1.82, 2.24) is 0 Å². The van der Waals surface area contributed by atoms with Crippen LogP contribution in [0.5, 0.6) is 0 Å². The average Bonchev–Trinajstić information content (AvgIpc) is 2.20. The van der Waals surface area contributed by atoms with E-state index in [2.05, 4.69) is 31.4 Å². The van der Waals surface area contributed by atoms with Crippen LogP contribution < -0.4 is 16.1 Å². The lowest BCUT2D eigenvalue weighted by molar-refractivity contribution is 0.370. The van der Waals surface area contributed by atoms with Crippen LogP contribution in [-0.4, -0.2) is 13.6 Å². The van der Waals surface area contributed by atoms with Gasteiger partial charge in [0.2, 0.25) is 5.43 Å². The SMILES string of the molecule is CNc1c(NCCCC(C)(C)C)c(=S)c1=O. The third-order valence-electron chi connectivity index (χ3n) is 2.57. The zero-order valence-corrected chi connectivity index (χ0v) is 11.3. The number of hydrogen-bond acceptors (Lipinski definition) is 4. The molecule has 0 fully saturated rings. The first-order valence-electron chi connectivity index (χ1n) is 5.62. The van der Waals surface area contributed by atoms with Crippen molar-refractivity contribution < 1.29 is 0 Å². The zero-order chi connectivity index (χ0) is 12.3. The fourth-order valence-corrected chi connectivity index (χ4v) is 1.91. The zero-order valence-electron chi connectivity index (χ0n) is 10.4. The number of nitrogens with one attached hydrogen (secondary N) is 2. The molecule has 0 saturated carbocycles. The predicted molar refractivity (Wildman–Crippen MR) is 72.6 cm³/mol. The first kappa shape index (κ1) is 13.2. The maximum atomic E-state index is 11.3. The van der Waals surface area contributed by atoms with Crippen molar-refractivity contribution in [3.8, 4) is 0 Å². The van der Waals surface area contributed by atoms with Crippen molar-refractivity contribution in [2.75, 3.05) is 24.2 Å². The van der Waals surface area contributed by atoms with Crippen molar-refractivity contribution >= 4 is 23.6 Å². The molecule has 0 aliphatic rings. The molecule has 0 heterocycles. The maximum Gasteiger partial charge on any atom is 0.223 e. The molecule has 0 radical (unpaired) electrons. The molecule has 0 spiro atoms. The van der Waals surface area contributed by atoms with E-state index < -0.39 is 0 Å². The molecule has 16 heavy (non-hydrogen) atoms. The summed E-state index contributed by atoms with van der Waals surface area (Å²) in [6.07, 6.45) is 2.24. The second kappa shape index (κ2) is 4.95. The molecule has 0 atom stereocenters. The van der Waals surface area contributed by atoms with E-state index in [0.717, 1.165) is 25.1 Å². The second-order valence-corrected chi connectivity index (χ2v) is 5.66. The summed E-state index contributed by atoms with van der Waals surface area (Å²) in [5, 5.41) is 6.10. The van der Waals surface area contributed by atoms with Crippen LogP contribution in [0.2, 0.25) is 0 Å². The van der Waals surface area contributed by atoms with Crippen LogP contribution in [0.3, 0.4) is 0 Å². The van der Waals surface area contributed by atoms with Crippen molar-refractivity contribution in [2.45, 2.75) is 33.6 Å². The standard InChI is InChI=1S/C12H20N2OS/c1-12(2,3)6-5-7-14-9-8(13-4)10(15)11(9)16/h13-14H,5-7H2,1-4H3. The normalized spacial score (nSPS) is 11.8. The first-order chi connectivity index (χ1) is 7.37. The van der Waals surface area contributed by atoms with E-state index >= 15 is 0 Å². The van der Waals surface area contributed by atoms with Crippen LogP contribution in [-0.2, 0) is 0 Å². The Kier molecular flexibility index (Phi) is 4.08. The Bertz CT molecular complexity index is 425. The summed E-state index contributed by atoms with van der Waals surface area (Å²) < 4.78 is 0.431. The Morgan fingerprint density at radius 2 is 1.88 bits per heavy atom. The van der Waals surface area contributed by atoms with Gasteiger partial charge in [0, 0.05) is 13.6 Å². The van der Waals surface area contributed by atoms with Gasteiger partial charge in [-0.25, -0.2) is 0 Å². The molecule has 0 aliphatic carbocycles. The molecule has 0 aromatic heterocycles. The van der Waals surface area contributed by atoms with Gasteiger partial charge in [-0.05, 0) is 18.3 Å². The largest absolute Gasteiger partial charge is 0.383 e. The van der Waals surface area contributed by atoms with E-state index in [-0.39, 0.29) is 5.43 Å². The summed E-state index contributed by atoms with van der Waals surface area (Å²) >= 11 is 4.98. The van der Waals surface area contributed by atoms with Crippen LogP contribution in [0.15, 0.2) is 4.79 Å². The third-order valence-corrected chi connectivity index (χ3v) is 2.96. The molecule has 2 N–H and O–H groups in total. The predicted octanol–water partition coefficient (Wildman–Crippen LogP) is 2.93. The minimum absolute atomic E-state index is 0.0455. The average molecular weight is 240 g/mol. The molecule has 0 saturated heterocycles. The van der Waals surface area contributed by atoms with Gasteiger partial charge in [-0.1, -0.05) is 33.0 Å². The summed E-state index contributed by atoms with van der Waals surface area (Å²) in [6, 6.07) is 0. The van der Waals surface area contributed by atoms with Gasteiger partial charge in [0.1, 0.15) is 10.2 Å². The molecule has 0 aliphatic heterocycles. The van der Waals surface area contributed by atoms with E-state index in [0.29, 0.717) is 15.6 Å². The van der Waals surface area contributed by atoms with Gasteiger partial charge in [0.05, 0.1) is 5.69 Å². The quantitative estimate of drug-likeness (QED) is 0.613. The Labute approximate surface area is 102 Å². The molecule has 1 aromatic carbocycles.